The van der Waals surface area contributed by atoms with Crippen LogP contribution in [0.4, 0.5) is 0 Å². The molecule has 19 heavy (non-hydrogen) atoms. The lowest BCUT2D eigenvalue weighted by Crippen LogP contribution is -2.44. The fourth-order valence-electron chi connectivity index (χ4n) is 1.94. The van der Waals surface area contributed by atoms with Gasteiger partial charge in [0.2, 0.25) is 0 Å². The van der Waals surface area contributed by atoms with Crippen molar-refractivity contribution in [3.05, 3.63) is 27.3 Å². The second kappa shape index (κ2) is 5.58. The second-order valence-corrected chi connectivity index (χ2v) is 6.68. The number of rotatable bonds is 2. The molecule has 0 spiro atoms. The molecule has 1 aromatic carbocycles. The molecule has 5 nitrogen and oxygen atoms in total. The smallest absolute Gasteiger partial charge is 0.327 e. The second-order valence-electron chi connectivity index (χ2n) is 4.17. The molecule has 1 aliphatic heterocycles. The molecule has 2 rings (SSSR count). The van der Waals surface area contributed by atoms with E-state index in [4.69, 9.17) is 5.11 Å². The zero-order valence-electron chi connectivity index (χ0n) is 10.0. The minimum atomic E-state index is -1.00. The Hall–Kier alpha value is -0.960. The first-order valence-electron chi connectivity index (χ1n) is 5.57. The van der Waals surface area contributed by atoms with Gasteiger partial charge in [0.05, 0.1) is 8.94 Å². The van der Waals surface area contributed by atoms with Gasteiger partial charge in [-0.1, -0.05) is 0 Å². The van der Waals surface area contributed by atoms with E-state index in [1.54, 1.807) is 19.1 Å². The minimum absolute atomic E-state index is 0.0258. The van der Waals surface area contributed by atoms with Gasteiger partial charge >= 0.3 is 5.97 Å². The molecule has 1 aromatic rings. The number of hydrogen-bond donors (Lipinski definition) is 2. The Morgan fingerprint density at radius 1 is 1.47 bits per heavy atom. The lowest BCUT2D eigenvalue weighted by atomic mass is 10.1. The first-order valence-corrected chi connectivity index (χ1v) is 7.70. The maximum atomic E-state index is 12.4. The van der Waals surface area contributed by atoms with E-state index in [1.807, 2.05) is 22.6 Å². The van der Waals surface area contributed by atoms with Gasteiger partial charge in [-0.3, -0.25) is 4.79 Å². The van der Waals surface area contributed by atoms with Gasteiger partial charge in [-0.25, -0.2) is 4.79 Å². The quantitative estimate of drug-likeness (QED) is 0.752. The van der Waals surface area contributed by atoms with Gasteiger partial charge in [0.1, 0.15) is 11.8 Å². The van der Waals surface area contributed by atoms with E-state index in [-0.39, 0.29) is 17.0 Å². The minimum Gasteiger partial charge on any atom is -0.507 e. The van der Waals surface area contributed by atoms with E-state index < -0.39 is 12.0 Å². The molecule has 7 heteroatoms. The highest BCUT2D eigenvalue weighted by Gasteiger charge is 2.39. The van der Waals surface area contributed by atoms with Crippen LogP contribution < -0.4 is 0 Å². The van der Waals surface area contributed by atoms with E-state index >= 15 is 0 Å². The van der Waals surface area contributed by atoms with Gasteiger partial charge < -0.3 is 15.1 Å². The number of nitrogens with zero attached hydrogens (tertiary/aromatic N) is 1. The summed E-state index contributed by atoms with van der Waals surface area (Å²) in [6.07, 6.45) is 0. The molecule has 0 radical (unpaired) electrons. The third-order valence-electron chi connectivity index (χ3n) is 2.94. The standard InChI is InChI=1S/C12H12INO4S/c1-6-14(9(5-19-6)12(17)18)11(16)7-2-3-8(13)10(15)4-7/h2-4,6,9,15H,5H2,1H3,(H,17,18). The molecule has 102 valence electrons. The van der Waals surface area contributed by atoms with E-state index in [0.29, 0.717) is 14.9 Å². The molecule has 1 saturated heterocycles. The van der Waals surface area contributed by atoms with Crippen molar-refractivity contribution in [1.29, 1.82) is 0 Å². The number of carbonyl (C=O) groups is 2. The molecule has 0 saturated carbocycles. The Labute approximate surface area is 128 Å². The van der Waals surface area contributed by atoms with E-state index in [9.17, 15) is 14.7 Å². The summed E-state index contributed by atoms with van der Waals surface area (Å²) < 4.78 is 0.646. The number of aliphatic carboxylic acids is 1. The monoisotopic (exact) mass is 393 g/mol. The lowest BCUT2D eigenvalue weighted by molar-refractivity contribution is -0.141. The third-order valence-corrected chi connectivity index (χ3v) is 5.07. The Morgan fingerprint density at radius 2 is 2.16 bits per heavy atom. The van der Waals surface area contributed by atoms with Crippen LogP contribution in [0.2, 0.25) is 0 Å². The van der Waals surface area contributed by atoms with Crippen LogP contribution in [0, 0.1) is 3.57 Å². The maximum absolute atomic E-state index is 12.4. The molecule has 1 heterocycles. The van der Waals surface area contributed by atoms with Crippen LogP contribution in [0.15, 0.2) is 18.2 Å². The molecule has 1 fully saturated rings. The van der Waals surface area contributed by atoms with Gasteiger partial charge in [-0.05, 0) is 47.7 Å². The van der Waals surface area contributed by atoms with Crippen LogP contribution in [-0.4, -0.2) is 44.2 Å². The van der Waals surface area contributed by atoms with Crippen molar-refractivity contribution in [2.75, 3.05) is 5.75 Å². The summed E-state index contributed by atoms with van der Waals surface area (Å²) in [6.45, 7) is 1.80. The largest absolute Gasteiger partial charge is 0.507 e. The van der Waals surface area contributed by atoms with Crippen molar-refractivity contribution < 1.29 is 19.8 Å². The van der Waals surface area contributed by atoms with Crippen molar-refractivity contribution in [1.82, 2.24) is 4.90 Å². The number of carbonyl (C=O) groups excluding carboxylic acids is 1. The van der Waals surface area contributed by atoms with Crippen molar-refractivity contribution >= 4 is 46.2 Å². The number of benzene rings is 1. The summed E-state index contributed by atoms with van der Waals surface area (Å²) in [7, 11) is 0. The van der Waals surface area contributed by atoms with Gasteiger partial charge in [-0.15, -0.1) is 11.8 Å². The average Bonchev–Trinajstić information content (AvgIpc) is 2.74. The van der Waals surface area contributed by atoms with Gasteiger partial charge in [0, 0.05) is 11.3 Å². The predicted molar refractivity (Wildman–Crippen MR) is 80.3 cm³/mol. The van der Waals surface area contributed by atoms with Gasteiger partial charge in [-0.2, -0.15) is 0 Å². The summed E-state index contributed by atoms with van der Waals surface area (Å²) >= 11 is 3.39. The molecule has 1 aliphatic rings. The van der Waals surface area contributed by atoms with Crippen LogP contribution >= 0.6 is 34.4 Å². The highest BCUT2D eigenvalue weighted by atomic mass is 127. The predicted octanol–water partition coefficient (Wildman–Crippen LogP) is 1.99. The number of amides is 1. The van der Waals surface area contributed by atoms with Crippen LogP contribution in [-0.2, 0) is 4.79 Å². The van der Waals surface area contributed by atoms with Gasteiger partial charge in [0.15, 0.2) is 0 Å². The third kappa shape index (κ3) is 2.81. The fraction of sp³-hybridized carbons (Fsp3) is 0.333. The molecule has 0 aliphatic carbocycles. The number of phenols is 1. The average molecular weight is 393 g/mol. The topological polar surface area (TPSA) is 77.8 Å². The van der Waals surface area contributed by atoms with Crippen LogP contribution in [0.25, 0.3) is 0 Å². The Balaban J connectivity index is 2.31. The highest BCUT2D eigenvalue weighted by Crippen LogP contribution is 2.31. The number of carboxylic acids is 1. The zero-order chi connectivity index (χ0) is 14.2. The van der Waals surface area contributed by atoms with Gasteiger partial charge in [0.25, 0.3) is 5.91 Å². The molecule has 2 unspecified atom stereocenters. The van der Waals surface area contributed by atoms with E-state index in [2.05, 4.69) is 0 Å². The van der Waals surface area contributed by atoms with E-state index in [1.165, 1.54) is 22.7 Å². The Bertz CT molecular complexity index is 536. The number of halogens is 1. The van der Waals surface area contributed by atoms with Crippen LogP contribution in [0.1, 0.15) is 17.3 Å². The van der Waals surface area contributed by atoms with Crippen LogP contribution in [0.5, 0.6) is 5.75 Å². The zero-order valence-corrected chi connectivity index (χ0v) is 13.0. The summed E-state index contributed by atoms with van der Waals surface area (Å²) in [5.74, 6) is -0.951. The van der Waals surface area contributed by atoms with Crippen molar-refractivity contribution in [2.45, 2.75) is 18.3 Å². The highest BCUT2D eigenvalue weighted by molar-refractivity contribution is 14.1. The molecule has 0 aromatic heterocycles. The number of thioether (sulfide) groups is 1. The molecular formula is C12H12INO4S. The number of phenolic OH excluding ortho intramolecular Hbond substituents is 1. The maximum Gasteiger partial charge on any atom is 0.327 e. The first-order chi connectivity index (χ1) is 8.91. The summed E-state index contributed by atoms with van der Waals surface area (Å²) in [6, 6.07) is 3.79. The molecule has 2 atom stereocenters. The van der Waals surface area contributed by atoms with Crippen LogP contribution in [0.3, 0.4) is 0 Å². The normalized spacial score (nSPS) is 22.5. The molecular weight excluding hydrogens is 381 g/mol. The van der Waals surface area contributed by atoms with Crippen molar-refractivity contribution in [3.63, 3.8) is 0 Å². The Morgan fingerprint density at radius 3 is 2.74 bits per heavy atom. The summed E-state index contributed by atoms with van der Waals surface area (Å²) in [4.78, 5) is 24.9. The molecule has 0 bridgehead atoms. The summed E-state index contributed by atoms with van der Waals surface area (Å²) in [5.41, 5.74) is 0.304. The molecule has 2 N–H and O–H groups in total. The first kappa shape index (κ1) is 14.4. The van der Waals surface area contributed by atoms with Crippen molar-refractivity contribution in [3.8, 4) is 5.75 Å². The number of aromatic hydroxyl groups is 1. The van der Waals surface area contributed by atoms with Crippen molar-refractivity contribution in [2.24, 2.45) is 0 Å². The summed E-state index contributed by atoms with van der Waals surface area (Å²) in [5, 5.41) is 18.6. The Kier molecular flexibility index (Phi) is 4.24. The number of carboxylic acid groups (broad SMARTS) is 1. The SMILES string of the molecule is CC1SCC(C(=O)O)N1C(=O)c1ccc(I)c(O)c1. The molecule has 1 amide bonds. The fourth-order valence-corrected chi connectivity index (χ4v) is 3.44. The van der Waals surface area contributed by atoms with E-state index in [0.717, 1.165) is 0 Å². The lowest BCUT2D eigenvalue weighted by Gasteiger charge is -2.25. The number of hydrogen-bond acceptors (Lipinski definition) is 4.